The number of hydrogen-bond acceptors (Lipinski definition) is 5. The molecule has 0 spiro atoms. The molecule has 2 N–H and O–H groups in total. The molecule has 2 heterocycles. The molecular weight excluding hydrogens is 366 g/mol. The average molecular weight is 389 g/mol. The Labute approximate surface area is 169 Å². The van der Waals surface area contributed by atoms with Gasteiger partial charge in [0.2, 0.25) is 5.91 Å². The maximum Gasteiger partial charge on any atom is 0.257 e. The number of carbonyl (C=O) groups is 2. The fraction of sp³-hybridized carbons (Fsp3) is 0.182. The van der Waals surface area contributed by atoms with Crippen LogP contribution in [0.1, 0.15) is 22.8 Å². The number of hydrogen-bond donors (Lipinski definition) is 2. The molecule has 0 saturated carbocycles. The topological polar surface area (TPSA) is 87.2 Å². The fourth-order valence-electron chi connectivity index (χ4n) is 2.82. The van der Waals surface area contributed by atoms with Crippen LogP contribution in [0.5, 0.6) is 0 Å². The largest absolute Gasteiger partial charge is 0.373 e. The summed E-state index contributed by atoms with van der Waals surface area (Å²) < 4.78 is 0. The van der Waals surface area contributed by atoms with Gasteiger partial charge in [0.05, 0.1) is 17.4 Å². The summed E-state index contributed by atoms with van der Waals surface area (Å²) in [5.41, 5.74) is 3.74. The van der Waals surface area contributed by atoms with Crippen molar-refractivity contribution in [3.05, 3.63) is 78.4 Å². The number of aromatic nitrogens is 2. The second-order valence-corrected chi connectivity index (χ2v) is 6.67. The first-order chi connectivity index (χ1) is 14.0. The summed E-state index contributed by atoms with van der Waals surface area (Å²) in [6.45, 7) is 2.23. The van der Waals surface area contributed by atoms with Crippen molar-refractivity contribution in [3.8, 4) is 0 Å². The zero-order chi connectivity index (χ0) is 20.6. The lowest BCUT2D eigenvalue weighted by atomic mass is 10.2. The van der Waals surface area contributed by atoms with Gasteiger partial charge in [-0.25, -0.2) is 0 Å². The Morgan fingerprint density at radius 3 is 2.41 bits per heavy atom. The highest BCUT2D eigenvalue weighted by Gasteiger charge is 2.10. The molecule has 3 aromatic rings. The summed E-state index contributed by atoms with van der Waals surface area (Å²) >= 11 is 0. The minimum atomic E-state index is -0.262. The van der Waals surface area contributed by atoms with Crippen LogP contribution in [-0.2, 0) is 11.2 Å². The molecule has 2 amide bonds. The van der Waals surface area contributed by atoms with Gasteiger partial charge >= 0.3 is 0 Å². The average Bonchev–Trinajstić information content (AvgIpc) is 2.72. The smallest absolute Gasteiger partial charge is 0.257 e. The standard InChI is InChI=1S/C22H23N5O2/c1-16(28)25-19-4-3-5-20(13-19)26-22(29)18-12-21(15-24-14-18)27(2)11-8-17-6-9-23-10-7-17/h3-7,9-10,12-15H,8,11H2,1-2H3,(H,25,28)(H,26,29). The van der Waals surface area contributed by atoms with Crippen LogP contribution in [0, 0.1) is 0 Å². The highest BCUT2D eigenvalue weighted by Crippen LogP contribution is 2.18. The number of carbonyl (C=O) groups excluding carboxylic acids is 2. The quantitative estimate of drug-likeness (QED) is 0.647. The third-order valence-corrected chi connectivity index (χ3v) is 4.35. The Balaban J connectivity index is 1.65. The Bertz CT molecular complexity index is 991. The molecule has 0 bridgehead atoms. The number of pyridine rings is 2. The molecule has 0 atom stereocenters. The normalized spacial score (nSPS) is 10.3. The van der Waals surface area contributed by atoms with E-state index in [0.29, 0.717) is 16.9 Å². The van der Waals surface area contributed by atoms with Crippen molar-refractivity contribution in [1.82, 2.24) is 9.97 Å². The van der Waals surface area contributed by atoms with Crippen molar-refractivity contribution in [2.24, 2.45) is 0 Å². The van der Waals surface area contributed by atoms with Crippen LogP contribution in [-0.4, -0.2) is 35.4 Å². The first kappa shape index (κ1) is 20.0. The maximum absolute atomic E-state index is 12.6. The highest BCUT2D eigenvalue weighted by atomic mass is 16.2. The van der Waals surface area contributed by atoms with E-state index >= 15 is 0 Å². The molecule has 7 heteroatoms. The van der Waals surface area contributed by atoms with E-state index < -0.39 is 0 Å². The molecule has 0 aliphatic heterocycles. The Morgan fingerprint density at radius 2 is 1.69 bits per heavy atom. The molecular formula is C22H23N5O2. The lowest BCUT2D eigenvalue weighted by molar-refractivity contribution is -0.114. The number of rotatable bonds is 7. The van der Waals surface area contributed by atoms with Crippen LogP contribution < -0.4 is 15.5 Å². The van der Waals surface area contributed by atoms with E-state index in [4.69, 9.17) is 0 Å². The molecule has 1 aromatic carbocycles. The lowest BCUT2D eigenvalue weighted by Crippen LogP contribution is -2.21. The van der Waals surface area contributed by atoms with Crippen LogP contribution >= 0.6 is 0 Å². The van der Waals surface area contributed by atoms with Gasteiger partial charge in [0, 0.05) is 50.5 Å². The van der Waals surface area contributed by atoms with Crippen molar-refractivity contribution in [3.63, 3.8) is 0 Å². The van der Waals surface area contributed by atoms with Gasteiger partial charge in [-0.15, -0.1) is 0 Å². The van der Waals surface area contributed by atoms with Gasteiger partial charge < -0.3 is 15.5 Å². The Kier molecular flexibility index (Phi) is 6.52. The number of likely N-dealkylation sites (N-methyl/N-ethyl adjacent to an activating group) is 1. The summed E-state index contributed by atoms with van der Waals surface area (Å²) in [7, 11) is 1.97. The summed E-state index contributed by atoms with van der Waals surface area (Å²) in [4.78, 5) is 34.1. The van der Waals surface area contributed by atoms with Crippen molar-refractivity contribution in [2.75, 3.05) is 29.1 Å². The molecule has 7 nitrogen and oxygen atoms in total. The minimum Gasteiger partial charge on any atom is -0.373 e. The van der Waals surface area contributed by atoms with Gasteiger partial charge in [-0.3, -0.25) is 19.6 Å². The van der Waals surface area contributed by atoms with Crippen LogP contribution in [0.4, 0.5) is 17.1 Å². The molecule has 148 valence electrons. The Hall–Kier alpha value is -3.74. The second-order valence-electron chi connectivity index (χ2n) is 6.67. The Morgan fingerprint density at radius 1 is 0.966 bits per heavy atom. The van der Waals surface area contributed by atoms with Crippen LogP contribution in [0.2, 0.25) is 0 Å². The minimum absolute atomic E-state index is 0.166. The van der Waals surface area contributed by atoms with E-state index in [9.17, 15) is 9.59 Å². The summed E-state index contributed by atoms with van der Waals surface area (Å²) in [5.74, 6) is -0.429. The number of nitrogens with zero attached hydrogens (tertiary/aromatic N) is 3. The molecule has 3 rings (SSSR count). The number of anilines is 3. The fourth-order valence-corrected chi connectivity index (χ4v) is 2.82. The molecule has 0 saturated heterocycles. The molecule has 0 aliphatic rings. The van der Waals surface area contributed by atoms with Gasteiger partial charge in [0.1, 0.15) is 0 Å². The van der Waals surface area contributed by atoms with Gasteiger partial charge in [-0.05, 0) is 48.4 Å². The molecule has 0 fully saturated rings. The second kappa shape index (κ2) is 9.45. The molecule has 0 unspecified atom stereocenters. The summed E-state index contributed by atoms with van der Waals surface area (Å²) in [6.07, 6.45) is 7.70. The van der Waals surface area contributed by atoms with Crippen LogP contribution in [0.15, 0.2) is 67.3 Å². The summed E-state index contributed by atoms with van der Waals surface area (Å²) in [6, 6.07) is 12.8. The zero-order valence-corrected chi connectivity index (χ0v) is 16.4. The van der Waals surface area contributed by atoms with E-state index in [1.807, 2.05) is 25.2 Å². The van der Waals surface area contributed by atoms with E-state index in [2.05, 4.69) is 25.5 Å². The molecule has 0 aliphatic carbocycles. The predicted octanol–water partition coefficient (Wildman–Crippen LogP) is 3.37. The van der Waals surface area contributed by atoms with E-state index in [-0.39, 0.29) is 11.8 Å². The molecule has 2 aromatic heterocycles. The van der Waals surface area contributed by atoms with Gasteiger partial charge in [0.25, 0.3) is 5.91 Å². The van der Waals surface area contributed by atoms with Crippen molar-refractivity contribution < 1.29 is 9.59 Å². The SMILES string of the molecule is CC(=O)Nc1cccc(NC(=O)c2cncc(N(C)CCc3ccncc3)c2)c1. The zero-order valence-electron chi connectivity index (χ0n) is 16.4. The van der Waals surface area contributed by atoms with Crippen LogP contribution in [0.25, 0.3) is 0 Å². The predicted molar refractivity (Wildman–Crippen MR) is 114 cm³/mol. The van der Waals surface area contributed by atoms with Crippen molar-refractivity contribution >= 4 is 28.9 Å². The van der Waals surface area contributed by atoms with E-state index in [1.165, 1.54) is 18.7 Å². The first-order valence-corrected chi connectivity index (χ1v) is 9.25. The van der Waals surface area contributed by atoms with Crippen molar-refractivity contribution in [1.29, 1.82) is 0 Å². The number of nitrogens with one attached hydrogen (secondary N) is 2. The third-order valence-electron chi connectivity index (χ3n) is 4.35. The highest BCUT2D eigenvalue weighted by molar-refractivity contribution is 6.05. The monoisotopic (exact) mass is 389 g/mol. The number of amides is 2. The molecule has 29 heavy (non-hydrogen) atoms. The van der Waals surface area contributed by atoms with Crippen molar-refractivity contribution in [2.45, 2.75) is 13.3 Å². The number of benzene rings is 1. The van der Waals surface area contributed by atoms with Gasteiger partial charge in [-0.1, -0.05) is 6.07 Å². The van der Waals surface area contributed by atoms with E-state index in [0.717, 1.165) is 18.7 Å². The molecule has 0 radical (unpaired) electrons. The van der Waals surface area contributed by atoms with E-state index in [1.54, 1.807) is 42.9 Å². The third kappa shape index (κ3) is 5.87. The summed E-state index contributed by atoms with van der Waals surface area (Å²) in [5, 5.41) is 5.54. The van der Waals surface area contributed by atoms with Gasteiger partial charge in [-0.2, -0.15) is 0 Å². The maximum atomic E-state index is 12.6. The first-order valence-electron chi connectivity index (χ1n) is 9.25. The lowest BCUT2D eigenvalue weighted by Gasteiger charge is -2.19. The van der Waals surface area contributed by atoms with Crippen LogP contribution in [0.3, 0.4) is 0 Å². The van der Waals surface area contributed by atoms with Gasteiger partial charge in [0.15, 0.2) is 0 Å².